The lowest BCUT2D eigenvalue weighted by Gasteiger charge is -2.33. The van der Waals surface area contributed by atoms with Crippen molar-refractivity contribution in [2.45, 2.75) is 33.1 Å². The first kappa shape index (κ1) is 14.3. The molecular formula is C13H27ClN2. The zero-order chi connectivity index (χ0) is 11.8. The zero-order valence-corrected chi connectivity index (χ0v) is 11.7. The van der Waals surface area contributed by atoms with Gasteiger partial charge in [0.05, 0.1) is 0 Å². The van der Waals surface area contributed by atoms with Gasteiger partial charge in [0.15, 0.2) is 0 Å². The summed E-state index contributed by atoms with van der Waals surface area (Å²) >= 11 is 5.83. The second-order valence-electron chi connectivity index (χ2n) is 4.81. The molecule has 0 radical (unpaired) electrons. The average Bonchev–Trinajstić information content (AvgIpc) is 2.31. The molecule has 0 aliphatic carbocycles. The molecule has 1 aliphatic rings. The lowest BCUT2D eigenvalue weighted by molar-refractivity contribution is 0.150. The van der Waals surface area contributed by atoms with Crippen LogP contribution in [0.3, 0.4) is 0 Å². The minimum absolute atomic E-state index is 0.828. The molecule has 96 valence electrons. The van der Waals surface area contributed by atoms with E-state index in [9.17, 15) is 0 Å². The summed E-state index contributed by atoms with van der Waals surface area (Å²) in [7, 11) is 0. The second-order valence-corrected chi connectivity index (χ2v) is 5.19. The van der Waals surface area contributed by atoms with Crippen molar-refractivity contribution in [1.82, 2.24) is 9.80 Å². The summed E-state index contributed by atoms with van der Waals surface area (Å²) in [5.41, 5.74) is 0. The highest BCUT2D eigenvalue weighted by atomic mass is 35.5. The number of likely N-dealkylation sites (tertiary alicyclic amines) is 1. The predicted octanol–water partition coefficient (Wildman–Crippen LogP) is 2.67. The molecule has 1 fully saturated rings. The molecule has 0 N–H and O–H groups in total. The van der Waals surface area contributed by atoms with Crippen molar-refractivity contribution in [2.75, 3.05) is 45.1 Å². The number of rotatable bonds is 7. The van der Waals surface area contributed by atoms with Crippen molar-refractivity contribution < 1.29 is 0 Å². The maximum absolute atomic E-state index is 5.83. The SMILES string of the molecule is CCN(CC)CCN1CCCC(CCCl)C1. The van der Waals surface area contributed by atoms with Crippen molar-refractivity contribution in [1.29, 1.82) is 0 Å². The molecule has 0 spiro atoms. The first-order chi connectivity index (χ1) is 7.80. The highest BCUT2D eigenvalue weighted by Crippen LogP contribution is 2.19. The van der Waals surface area contributed by atoms with Crippen LogP contribution < -0.4 is 0 Å². The smallest absolute Gasteiger partial charge is 0.0226 e. The fraction of sp³-hybridized carbons (Fsp3) is 1.00. The summed E-state index contributed by atoms with van der Waals surface area (Å²) in [6.45, 7) is 11.9. The fourth-order valence-electron chi connectivity index (χ4n) is 2.57. The van der Waals surface area contributed by atoms with Crippen LogP contribution in [0.5, 0.6) is 0 Å². The van der Waals surface area contributed by atoms with Gasteiger partial charge in [0, 0.05) is 25.5 Å². The van der Waals surface area contributed by atoms with Gasteiger partial charge in [-0.25, -0.2) is 0 Å². The minimum atomic E-state index is 0.828. The molecule has 0 aromatic carbocycles. The van der Waals surface area contributed by atoms with Crippen molar-refractivity contribution in [3.8, 4) is 0 Å². The number of hydrogen-bond acceptors (Lipinski definition) is 2. The largest absolute Gasteiger partial charge is 0.303 e. The number of alkyl halides is 1. The number of halogens is 1. The maximum atomic E-state index is 5.83. The summed E-state index contributed by atoms with van der Waals surface area (Å²) in [6, 6.07) is 0. The van der Waals surface area contributed by atoms with E-state index in [1.165, 1.54) is 58.5 Å². The number of hydrogen-bond donors (Lipinski definition) is 0. The lowest BCUT2D eigenvalue weighted by atomic mass is 9.95. The lowest BCUT2D eigenvalue weighted by Crippen LogP contribution is -2.40. The molecule has 1 atom stereocenters. The summed E-state index contributed by atoms with van der Waals surface area (Å²) in [4.78, 5) is 5.13. The third-order valence-electron chi connectivity index (χ3n) is 3.75. The van der Waals surface area contributed by atoms with Gasteiger partial charge < -0.3 is 9.80 Å². The van der Waals surface area contributed by atoms with Crippen molar-refractivity contribution >= 4 is 11.6 Å². The van der Waals surface area contributed by atoms with Gasteiger partial charge in [-0.3, -0.25) is 0 Å². The number of piperidine rings is 1. The van der Waals surface area contributed by atoms with Gasteiger partial charge in [0.25, 0.3) is 0 Å². The van der Waals surface area contributed by atoms with Crippen LogP contribution in [0.25, 0.3) is 0 Å². The molecule has 0 aromatic rings. The summed E-state index contributed by atoms with van der Waals surface area (Å²) in [5, 5.41) is 0. The van der Waals surface area contributed by atoms with E-state index in [1.807, 2.05) is 0 Å². The van der Waals surface area contributed by atoms with Gasteiger partial charge in [-0.2, -0.15) is 0 Å². The van der Waals surface area contributed by atoms with Crippen LogP contribution in [-0.2, 0) is 0 Å². The molecule has 16 heavy (non-hydrogen) atoms. The van der Waals surface area contributed by atoms with Gasteiger partial charge in [0.1, 0.15) is 0 Å². The fourth-order valence-corrected chi connectivity index (χ4v) is 2.88. The Morgan fingerprint density at radius 2 is 2.06 bits per heavy atom. The van der Waals surface area contributed by atoms with Crippen molar-refractivity contribution in [3.05, 3.63) is 0 Å². The van der Waals surface area contributed by atoms with Crippen LogP contribution >= 0.6 is 11.6 Å². The van der Waals surface area contributed by atoms with Crippen LogP contribution in [0.4, 0.5) is 0 Å². The third-order valence-corrected chi connectivity index (χ3v) is 3.97. The van der Waals surface area contributed by atoms with Gasteiger partial charge in [0.2, 0.25) is 0 Å². The normalized spacial score (nSPS) is 22.9. The number of likely N-dealkylation sites (N-methyl/N-ethyl adjacent to an activating group) is 1. The zero-order valence-electron chi connectivity index (χ0n) is 10.9. The Morgan fingerprint density at radius 3 is 2.69 bits per heavy atom. The van der Waals surface area contributed by atoms with Crippen LogP contribution in [0.1, 0.15) is 33.1 Å². The Morgan fingerprint density at radius 1 is 1.31 bits per heavy atom. The van der Waals surface area contributed by atoms with Gasteiger partial charge >= 0.3 is 0 Å². The van der Waals surface area contributed by atoms with E-state index in [0.717, 1.165) is 11.8 Å². The molecule has 1 unspecified atom stereocenters. The van der Waals surface area contributed by atoms with Crippen molar-refractivity contribution in [3.63, 3.8) is 0 Å². The second kappa shape index (κ2) is 8.32. The molecule has 2 nitrogen and oxygen atoms in total. The quantitative estimate of drug-likeness (QED) is 0.638. The first-order valence-corrected chi connectivity index (χ1v) is 7.34. The maximum Gasteiger partial charge on any atom is 0.0226 e. The molecule has 1 aliphatic heterocycles. The Balaban J connectivity index is 2.20. The van der Waals surface area contributed by atoms with Gasteiger partial charge in [-0.15, -0.1) is 11.6 Å². The Labute approximate surface area is 106 Å². The van der Waals surface area contributed by atoms with E-state index >= 15 is 0 Å². The standard InChI is InChI=1S/C13H27ClN2/c1-3-15(4-2)10-11-16-9-5-6-13(12-16)7-8-14/h13H,3-12H2,1-2H3. The van der Waals surface area contributed by atoms with E-state index in [-0.39, 0.29) is 0 Å². The summed E-state index contributed by atoms with van der Waals surface area (Å²) in [6.07, 6.45) is 3.94. The van der Waals surface area contributed by atoms with Crippen LogP contribution in [-0.4, -0.2) is 54.9 Å². The Kier molecular flexibility index (Phi) is 7.42. The topological polar surface area (TPSA) is 6.48 Å². The Bertz CT molecular complexity index is 169. The van der Waals surface area contributed by atoms with E-state index in [4.69, 9.17) is 11.6 Å². The van der Waals surface area contributed by atoms with Gasteiger partial charge in [-0.1, -0.05) is 13.8 Å². The monoisotopic (exact) mass is 246 g/mol. The van der Waals surface area contributed by atoms with Crippen LogP contribution in [0, 0.1) is 5.92 Å². The highest BCUT2D eigenvalue weighted by molar-refractivity contribution is 6.17. The van der Waals surface area contributed by atoms with Crippen molar-refractivity contribution in [2.24, 2.45) is 5.92 Å². The molecule has 1 heterocycles. The predicted molar refractivity (Wildman–Crippen MR) is 72.3 cm³/mol. The minimum Gasteiger partial charge on any atom is -0.303 e. The van der Waals surface area contributed by atoms with E-state index in [0.29, 0.717) is 0 Å². The Hall–Kier alpha value is 0.210. The highest BCUT2D eigenvalue weighted by Gasteiger charge is 2.19. The molecule has 1 saturated heterocycles. The molecule has 0 bridgehead atoms. The van der Waals surface area contributed by atoms with E-state index in [1.54, 1.807) is 0 Å². The average molecular weight is 247 g/mol. The van der Waals surface area contributed by atoms with Crippen LogP contribution in [0.15, 0.2) is 0 Å². The molecule has 3 heteroatoms. The third kappa shape index (κ3) is 5.03. The molecule has 0 aromatic heterocycles. The molecule has 0 saturated carbocycles. The van der Waals surface area contributed by atoms with Gasteiger partial charge in [-0.05, 0) is 44.8 Å². The summed E-state index contributed by atoms with van der Waals surface area (Å²) < 4.78 is 0. The van der Waals surface area contributed by atoms with E-state index in [2.05, 4.69) is 23.6 Å². The van der Waals surface area contributed by atoms with E-state index < -0.39 is 0 Å². The molecule has 0 amide bonds. The first-order valence-electron chi connectivity index (χ1n) is 6.80. The summed E-state index contributed by atoms with van der Waals surface area (Å²) in [5.74, 6) is 1.68. The molecule has 1 rings (SSSR count). The molecular weight excluding hydrogens is 220 g/mol. The number of nitrogens with zero attached hydrogens (tertiary/aromatic N) is 2. The van der Waals surface area contributed by atoms with Crippen LogP contribution in [0.2, 0.25) is 0 Å².